The van der Waals surface area contributed by atoms with Crippen molar-refractivity contribution >= 4 is 11.7 Å². The third-order valence-electron chi connectivity index (χ3n) is 5.09. The van der Waals surface area contributed by atoms with Gasteiger partial charge in [-0.1, -0.05) is 57.8 Å². The molecule has 2 rings (SSSR count). The summed E-state index contributed by atoms with van der Waals surface area (Å²) in [5.74, 6) is 0.330. The van der Waals surface area contributed by atoms with Crippen LogP contribution in [0.15, 0.2) is 30.1 Å². The van der Waals surface area contributed by atoms with Crippen LogP contribution >= 0.6 is 0 Å². The monoisotopic (exact) mass is 368 g/mol. The Labute approximate surface area is 163 Å². The van der Waals surface area contributed by atoms with Gasteiger partial charge in [0.1, 0.15) is 17.5 Å². The summed E-state index contributed by atoms with van der Waals surface area (Å²) in [7, 11) is 0. The van der Waals surface area contributed by atoms with E-state index >= 15 is 0 Å². The zero-order valence-corrected chi connectivity index (χ0v) is 16.5. The lowest BCUT2D eigenvalue weighted by Crippen LogP contribution is -2.35. The molecule has 146 valence electrons. The van der Waals surface area contributed by atoms with Gasteiger partial charge in [-0.05, 0) is 37.5 Å². The van der Waals surface area contributed by atoms with Crippen molar-refractivity contribution < 1.29 is 4.79 Å². The molecule has 1 aromatic heterocycles. The molecular formula is C22H32N4O. The van der Waals surface area contributed by atoms with Crippen molar-refractivity contribution in [3.63, 3.8) is 0 Å². The third-order valence-corrected chi connectivity index (χ3v) is 5.09. The van der Waals surface area contributed by atoms with Gasteiger partial charge in [-0.15, -0.1) is 0 Å². The highest BCUT2D eigenvalue weighted by Crippen LogP contribution is 2.17. The Hall–Kier alpha value is -2.35. The number of hydrogen-bond donors (Lipinski definition) is 2. The summed E-state index contributed by atoms with van der Waals surface area (Å²) in [6, 6.07) is 5.93. The van der Waals surface area contributed by atoms with Gasteiger partial charge in [0.25, 0.3) is 5.91 Å². The quantitative estimate of drug-likeness (QED) is 0.579. The summed E-state index contributed by atoms with van der Waals surface area (Å²) in [6.07, 6.45) is 16.5. The molecule has 5 heteroatoms. The van der Waals surface area contributed by atoms with Gasteiger partial charge in [0.15, 0.2) is 0 Å². The Bertz CT molecular complexity index is 651. The first-order valence-corrected chi connectivity index (χ1v) is 10.3. The van der Waals surface area contributed by atoms with E-state index in [1.165, 1.54) is 51.1 Å². The van der Waals surface area contributed by atoms with Crippen LogP contribution in [-0.2, 0) is 4.79 Å². The van der Waals surface area contributed by atoms with E-state index in [0.29, 0.717) is 5.82 Å². The lowest BCUT2D eigenvalue weighted by Gasteiger charge is -2.19. The molecule has 2 N–H and O–H groups in total. The molecule has 1 aliphatic rings. The molecule has 5 nitrogen and oxygen atoms in total. The minimum absolute atomic E-state index is 0.0874. The number of amides is 1. The first-order valence-electron chi connectivity index (χ1n) is 10.3. The predicted molar refractivity (Wildman–Crippen MR) is 109 cm³/mol. The van der Waals surface area contributed by atoms with Crippen LogP contribution in [-0.4, -0.2) is 16.9 Å². The van der Waals surface area contributed by atoms with Gasteiger partial charge in [0.05, 0.1) is 0 Å². The SMILES string of the molecule is Cc1ccnc(N/C=C(/C#N)C(=O)NC2CCCCCCCCCCC2)c1. The van der Waals surface area contributed by atoms with E-state index in [-0.39, 0.29) is 17.5 Å². The van der Waals surface area contributed by atoms with E-state index in [0.717, 1.165) is 31.2 Å². The van der Waals surface area contributed by atoms with Crippen LogP contribution in [0.25, 0.3) is 0 Å². The number of pyridine rings is 1. The van der Waals surface area contributed by atoms with Gasteiger partial charge in [0.2, 0.25) is 0 Å². The van der Waals surface area contributed by atoms with Gasteiger partial charge in [-0.3, -0.25) is 4.79 Å². The maximum Gasteiger partial charge on any atom is 0.263 e. The molecule has 1 aromatic rings. The molecule has 0 radical (unpaired) electrons. The largest absolute Gasteiger partial charge is 0.349 e. The zero-order chi connectivity index (χ0) is 19.3. The van der Waals surface area contributed by atoms with E-state index in [1.807, 2.05) is 25.1 Å². The number of anilines is 1. The highest BCUT2D eigenvalue weighted by Gasteiger charge is 2.16. The number of aromatic nitrogens is 1. The zero-order valence-electron chi connectivity index (χ0n) is 16.5. The number of nitrogens with one attached hydrogen (secondary N) is 2. The molecule has 1 fully saturated rings. The smallest absolute Gasteiger partial charge is 0.263 e. The number of rotatable bonds is 4. The van der Waals surface area contributed by atoms with Crippen LogP contribution in [0.4, 0.5) is 5.82 Å². The lowest BCUT2D eigenvalue weighted by molar-refractivity contribution is -0.117. The van der Waals surface area contributed by atoms with Crippen LogP contribution in [0.2, 0.25) is 0 Å². The van der Waals surface area contributed by atoms with E-state index < -0.39 is 0 Å². The van der Waals surface area contributed by atoms with Gasteiger partial charge in [-0.2, -0.15) is 5.26 Å². The fourth-order valence-corrected chi connectivity index (χ4v) is 3.48. The molecule has 0 bridgehead atoms. The number of carbonyl (C=O) groups excluding carboxylic acids is 1. The van der Waals surface area contributed by atoms with E-state index in [2.05, 4.69) is 15.6 Å². The maximum atomic E-state index is 12.5. The van der Waals surface area contributed by atoms with Gasteiger partial charge in [-0.25, -0.2) is 4.98 Å². The molecule has 0 aromatic carbocycles. The number of hydrogen-bond acceptors (Lipinski definition) is 4. The Balaban J connectivity index is 1.91. The second kappa shape index (κ2) is 12.1. The number of nitriles is 1. The second-order valence-electron chi connectivity index (χ2n) is 7.46. The molecule has 27 heavy (non-hydrogen) atoms. The molecular weight excluding hydrogens is 336 g/mol. The van der Waals surface area contributed by atoms with E-state index in [1.54, 1.807) is 6.20 Å². The van der Waals surface area contributed by atoms with Crippen molar-refractivity contribution in [2.45, 2.75) is 83.6 Å². The Morgan fingerprint density at radius 2 is 1.70 bits per heavy atom. The first-order chi connectivity index (χ1) is 13.2. The minimum Gasteiger partial charge on any atom is -0.349 e. The Morgan fingerprint density at radius 1 is 1.11 bits per heavy atom. The molecule has 1 aliphatic carbocycles. The van der Waals surface area contributed by atoms with Crippen LogP contribution < -0.4 is 10.6 Å². The second-order valence-corrected chi connectivity index (χ2v) is 7.46. The molecule has 0 atom stereocenters. The lowest BCUT2D eigenvalue weighted by atomic mass is 9.98. The Morgan fingerprint density at radius 3 is 2.26 bits per heavy atom. The first kappa shape index (κ1) is 21.0. The topological polar surface area (TPSA) is 77.8 Å². The van der Waals surface area contributed by atoms with E-state index in [4.69, 9.17) is 0 Å². The fraction of sp³-hybridized carbons (Fsp3) is 0.591. The average Bonchev–Trinajstić information content (AvgIpc) is 2.64. The number of carbonyl (C=O) groups is 1. The van der Waals surface area contributed by atoms with Crippen molar-refractivity contribution in [2.75, 3.05) is 5.32 Å². The fourth-order valence-electron chi connectivity index (χ4n) is 3.48. The summed E-state index contributed by atoms with van der Waals surface area (Å²) in [6.45, 7) is 1.97. The summed E-state index contributed by atoms with van der Waals surface area (Å²) in [4.78, 5) is 16.7. The van der Waals surface area contributed by atoms with Crippen molar-refractivity contribution in [1.82, 2.24) is 10.3 Å². The summed E-state index contributed by atoms with van der Waals surface area (Å²) in [5, 5.41) is 15.4. The molecule has 0 unspecified atom stereocenters. The summed E-state index contributed by atoms with van der Waals surface area (Å²) in [5.41, 5.74) is 1.15. The summed E-state index contributed by atoms with van der Waals surface area (Å²) < 4.78 is 0. The van der Waals surface area contributed by atoms with Crippen molar-refractivity contribution in [2.24, 2.45) is 0 Å². The minimum atomic E-state index is -0.297. The van der Waals surface area contributed by atoms with Crippen LogP contribution in [0, 0.1) is 18.3 Å². The molecule has 1 saturated carbocycles. The van der Waals surface area contributed by atoms with Gasteiger partial charge in [0, 0.05) is 18.4 Å². The predicted octanol–water partition coefficient (Wildman–Crippen LogP) is 5.00. The van der Waals surface area contributed by atoms with Crippen LogP contribution in [0.1, 0.15) is 76.2 Å². The van der Waals surface area contributed by atoms with Crippen molar-refractivity contribution in [3.8, 4) is 6.07 Å². The molecule has 1 amide bonds. The highest BCUT2D eigenvalue weighted by molar-refractivity contribution is 5.97. The average molecular weight is 369 g/mol. The van der Waals surface area contributed by atoms with Gasteiger partial charge >= 0.3 is 0 Å². The van der Waals surface area contributed by atoms with Gasteiger partial charge < -0.3 is 10.6 Å². The normalized spacial score (nSPS) is 17.9. The highest BCUT2D eigenvalue weighted by atomic mass is 16.1. The molecule has 0 spiro atoms. The number of nitrogens with zero attached hydrogens (tertiary/aromatic N) is 2. The van der Waals surface area contributed by atoms with Crippen LogP contribution in [0.5, 0.6) is 0 Å². The molecule has 1 heterocycles. The standard InChI is InChI=1S/C22H32N4O/c1-18-13-14-24-21(15-18)25-17-19(16-23)22(27)26-20-11-9-7-5-3-2-4-6-8-10-12-20/h13-15,17,20H,2-12H2,1H3,(H,24,25)(H,26,27)/b19-17-. The third kappa shape index (κ3) is 8.25. The summed E-state index contributed by atoms with van der Waals surface area (Å²) >= 11 is 0. The number of aryl methyl sites for hydroxylation is 1. The van der Waals surface area contributed by atoms with Crippen molar-refractivity contribution in [1.29, 1.82) is 5.26 Å². The Kier molecular flexibility index (Phi) is 9.40. The van der Waals surface area contributed by atoms with E-state index in [9.17, 15) is 10.1 Å². The molecule has 0 saturated heterocycles. The van der Waals surface area contributed by atoms with Crippen molar-refractivity contribution in [3.05, 3.63) is 35.7 Å². The molecule has 0 aliphatic heterocycles. The maximum absolute atomic E-state index is 12.5. The van der Waals surface area contributed by atoms with Crippen LogP contribution in [0.3, 0.4) is 0 Å².